The fraction of sp³-hybridized carbons (Fsp3) is 0.0909. The van der Waals surface area contributed by atoms with E-state index in [0.717, 1.165) is 5.69 Å². The second kappa shape index (κ2) is 3.98. The standard InChI is InChI=1S/C11H9ClN2O2/c1-7-6-14(13-10(7)11(15)16)9-4-2-8(12)3-5-9/h2-6H,1H3,(H,15,16). The number of hydrogen-bond donors (Lipinski definition) is 1. The molecule has 82 valence electrons. The first-order valence-corrected chi connectivity index (χ1v) is 5.01. The van der Waals surface area contributed by atoms with E-state index in [9.17, 15) is 4.79 Å². The number of hydrogen-bond acceptors (Lipinski definition) is 2. The number of halogens is 1. The van der Waals surface area contributed by atoms with E-state index < -0.39 is 5.97 Å². The minimum absolute atomic E-state index is 0.0648. The summed E-state index contributed by atoms with van der Waals surface area (Å²) in [7, 11) is 0. The van der Waals surface area contributed by atoms with Gasteiger partial charge < -0.3 is 5.11 Å². The molecule has 1 N–H and O–H groups in total. The monoisotopic (exact) mass is 236 g/mol. The van der Waals surface area contributed by atoms with Crippen molar-refractivity contribution < 1.29 is 9.90 Å². The minimum atomic E-state index is -1.02. The number of carboxylic acid groups (broad SMARTS) is 1. The van der Waals surface area contributed by atoms with Crippen LogP contribution in [0.4, 0.5) is 0 Å². The molecule has 0 radical (unpaired) electrons. The highest BCUT2D eigenvalue weighted by Gasteiger charge is 2.12. The van der Waals surface area contributed by atoms with E-state index in [1.807, 2.05) is 0 Å². The van der Waals surface area contributed by atoms with Gasteiger partial charge in [-0.3, -0.25) is 0 Å². The molecule has 16 heavy (non-hydrogen) atoms. The third-order valence-electron chi connectivity index (χ3n) is 2.19. The van der Waals surface area contributed by atoms with Crippen molar-refractivity contribution in [3.63, 3.8) is 0 Å². The van der Waals surface area contributed by atoms with E-state index in [2.05, 4.69) is 5.10 Å². The van der Waals surface area contributed by atoms with Crippen LogP contribution in [0.3, 0.4) is 0 Å². The molecular formula is C11H9ClN2O2. The number of carbonyl (C=O) groups is 1. The number of benzene rings is 1. The predicted octanol–water partition coefficient (Wildman–Crippen LogP) is 2.53. The van der Waals surface area contributed by atoms with E-state index >= 15 is 0 Å². The highest BCUT2D eigenvalue weighted by Crippen LogP contribution is 2.15. The van der Waals surface area contributed by atoms with Gasteiger partial charge >= 0.3 is 5.97 Å². The lowest BCUT2D eigenvalue weighted by molar-refractivity contribution is 0.0689. The minimum Gasteiger partial charge on any atom is -0.476 e. The molecule has 0 aliphatic carbocycles. The average Bonchev–Trinajstić information content (AvgIpc) is 2.61. The van der Waals surface area contributed by atoms with Gasteiger partial charge in [0, 0.05) is 16.8 Å². The van der Waals surface area contributed by atoms with Crippen molar-refractivity contribution in [2.45, 2.75) is 6.92 Å². The molecule has 1 heterocycles. The molecule has 1 aromatic heterocycles. The second-order valence-electron chi connectivity index (χ2n) is 3.39. The first-order chi connectivity index (χ1) is 7.58. The van der Waals surface area contributed by atoms with Crippen LogP contribution in [0.2, 0.25) is 5.02 Å². The molecule has 0 bridgehead atoms. The SMILES string of the molecule is Cc1cn(-c2ccc(Cl)cc2)nc1C(=O)O. The van der Waals surface area contributed by atoms with Gasteiger partial charge in [-0.15, -0.1) is 0 Å². The Morgan fingerprint density at radius 2 is 2.00 bits per heavy atom. The molecule has 2 rings (SSSR count). The van der Waals surface area contributed by atoms with Gasteiger partial charge in [-0.1, -0.05) is 11.6 Å². The van der Waals surface area contributed by atoms with Crippen molar-refractivity contribution in [1.82, 2.24) is 9.78 Å². The molecule has 0 unspecified atom stereocenters. The summed E-state index contributed by atoms with van der Waals surface area (Å²) in [6.07, 6.45) is 1.67. The summed E-state index contributed by atoms with van der Waals surface area (Å²) in [5, 5.41) is 13.5. The molecular weight excluding hydrogens is 228 g/mol. The zero-order chi connectivity index (χ0) is 11.7. The average molecular weight is 237 g/mol. The maximum Gasteiger partial charge on any atom is 0.356 e. The molecule has 0 saturated heterocycles. The third-order valence-corrected chi connectivity index (χ3v) is 2.44. The van der Waals surface area contributed by atoms with Crippen LogP contribution in [0, 0.1) is 6.92 Å². The fourth-order valence-electron chi connectivity index (χ4n) is 1.40. The van der Waals surface area contributed by atoms with Gasteiger partial charge in [-0.05, 0) is 31.2 Å². The maximum absolute atomic E-state index is 10.8. The molecule has 2 aromatic rings. The molecule has 4 nitrogen and oxygen atoms in total. The fourth-order valence-corrected chi connectivity index (χ4v) is 1.52. The molecule has 0 aliphatic heterocycles. The van der Waals surface area contributed by atoms with Crippen LogP contribution < -0.4 is 0 Å². The van der Waals surface area contributed by atoms with E-state index in [1.54, 1.807) is 37.4 Å². The molecule has 0 spiro atoms. The van der Waals surface area contributed by atoms with Gasteiger partial charge in [-0.2, -0.15) is 5.10 Å². The normalized spacial score (nSPS) is 10.4. The second-order valence-corrected chi connectivity index (χ2v) is 3.82. The van der Waals surface area contributed by atoms with Crippen LogP contribution in [-0.2, 0) is 0 Å². The van der Waals surface area contributed by atoms with Crippen LogP contribution >= 0.6 is 11.6 Å². The summed E-state index contributed by atoms with van der Waals surface area (Å²) in [4.78, 5) is 10.8. The summed E-state index contributed by atoms with van der Waals surface area (Å²) < 4.78 is 1.52. The maximum atomic E-state index is 10.8. The van der Waals surface area contributed by atoms with Crippen molar-refractivity contribution >= 4 is 17.6 Å². The summed E-state index contributed by atoms with van der Waals surface area (Å²) in [5.74, 6) is -1.02. The highest BCUT2D eigenvalue weighted by molar-refractivity contribution is 6.30. The lowest BCUT2D eigenvalue weighted by atomic mass is 10.3. The third kappa shape index (κ3) is 1.92. The molecule has 0 atom stereocenters. The van der Waals surface area contributed by atoms with Gasteiger partial charge in [0.2, 0.25) is 0 Å². The largest absolute Gasteiger partial charge is 0.476 e. The van der Waals surface area contributed by atoms with Crippen LogP contribution in [0.5, 0.6) is 0 Å². The van der Waals surface area contributed by atoms with Gasteiger partial charge in [0.15, 0.2) is 5.69 Å². The number of rotatable bonds is 2. The predicted molar refractivity (Wildman–Crippen MR) is 60.3 cm³/mol. The number of aromatic nitrogens is 2. The Balaban J connectivity index is 2.45. The Morgan fingerprint density at radius 3 is 2.50 bits per heavy atom. The Kier molecular flexibility index (Phi) is 2.66. The first-order valence-electron chi connectivity index (χ1n) is 4.63. The Labute approximate surface area is 97.1 Å². The van der Waals surface area contributed by atoms with Gasteiger partial charge in [0.05, 0.1) is 5.69 Å². The van der Waals surface area contributed by atoms with E-state index in [0.29, 0.717) is 10.6 Å². The summed E-state index contributed by atoms with van der Waals surface area (Å²) >= 11 is 5.76. The highest BCUT2D eigenvalue weighted by atomic mass is 35.5. The zero-order valence-corrected chi connectivity index (χ0v) is 9.27. The lowest BCUT2D eigenvalue weighted by Crippen LogP contribution is -2.01. The quantitative estimate of drug-likeness (QED) is 0.872. The molecule has 0 fully saturated rings. The first kappa shape index (κ1) is 10.7. The molecule has 5 heteroatoms. The number of aryl methyl sites for hydroxylation is 1. The van der Waals surface area contributed by atoms with Crippen molar-refractivity contribution in [1.29, 1.82) is 0 Å². The summed E-state index contributed by atoms with van der Waals surface area (Å²) in [6, 6.07) is 7.02. The summed E-state index contributed by atoms with van der Waals surface area (Å²) in [6.45, 7) is 1.71. The Morgan fingerprint density at radius 1 is 1.38 bits per heavy atom. The van der Waals surface area contributed by atoms with Crippen LogP contribution in [0.15, 0.2) is 30.5 Å². The summed E-state index contributed by atoms with van der Waals surface area (Å²) in [5.41, 5.74) is 1.47. The lowest BCUT2D eigenvalue weighted by Gasteiger charge is -1.99. The van der Waals surface area contributed by atoms with Gasteiger partial charge in [0.25, 0.3) is 0 Å². The number of nitrogens with zero attached hydrogens (tertiary/aromatic N) is 2. The number of aromatic carboxylic acids is 1. The zero-order valence-electron chi connectivity index (χ0n) is 8.51. The van der Waals surface area contributed by atoms with Crippen LogP contribution in [-0.4, -0.2) is 20.9 Å². The van der Waals surface area contributed by atoms with Crippen molar-refractivity contribution in [2.75, 3.05) is 0 Å². The van der Waals surface area contributed by atoms with Crippen molar-refractivity contribution in [3.8, 4) is 5.69 Å². The molecule has 0 saturated carbocycles. The van der Waals surface area contributed by atoms with Crippen LogP contribution in [0.1, 0.15) is 16.1 Å². The topological polar surface area (TPSA) is 55.1 Å². The van der Waals surface area contributed by atoms with Gasteiger partial charge in [-0.25, -0.2) is 9.48 Å². The van der Waals surface area contributed by atoms with E-state index in [-0.39, 0.29) is 5.69 Å². The van der Waals surface area contributed by atoms with Crippen molar-refractivity contribution in [2.24, 2.45) is 0 Å². The Bertz CT molecular complexity index is 531. The van der Waals surface area contributed by atoms with Crippen molar-refractivity contribution in [3.05, 3.63) is 46.7 Å². The molecule has 1 aromatic carbocycles. The molecule has 0 aliphatic rings. The molecule has 0 amide bonds. The van der Waals surface area contributed by atoms with Crippen LogP contribution in [0.25, 0.3) is 5.69 Å². The Hall–Kier alpha value is -1.81. The van der Waals surface area contributed by atoms with Gasteiger partial charge in [0.1, 0.15) is 0 Å². The number of carboxylic acids is 1. The van der Waals surface area contributed by atoms with E-state index in [4.69, 9.17) is 16.7 Å². The van der Waals surface area contributed by atoms with E-state index in [1.165, 1.54) is 4.68 Å². The smallest absolute Gasteiger partial charge is 0.356 e.